The molecule has 1 nitrogen and oxygen atoms in total. The van der Waals surface area contributed by atoms with Gasteiger partial charge in [-0.05, 0) is 77.5 Å². The maximum Gasteiger partial charge on any atom is 0.0788 e. The molecule has 9 aromatic carbocycles. The Morgan fingerprint density at radius 2 is 0.833 bits per heavy atom. The van der Waals surface area contributed by atoms with Crippen LogP contribution in [0.5, 0.6) is 0 Å². The number of fused-ring (bicyclic) bond motifs is 8. The summed E-state index contributed by atoms with van der Waals surface area (Å²) in [5, 5.41) is 13.6. The van der Waals surface area contributed by atoms with Crippen LogP contribution in [0.1, 0.15) is 0 Å². The number of benzene rings is 9. The molecule has 1 heteroatoms. The fourth-order valence-electron chi connectivity index (χ4n) is 7.94. The van der Waals surface area contributed by atoms with Gasteiger partial charge in [0, 0.05) is 21.7 Å². The Morgan fingerprint density at radius 3 is 1.56 bits per heavy atom. The highest BCUT2D eigenvalue weighted by Crippen LogP contribution is 2.46. The van der Waals surface area contributed by atoms with Gasteiger partial charge in [-0.15, -0.1) is 0 Å². The maximum absolute atomic E-state index is 5.32. The Labute approximate surface area is 278 Å². The monoisotopic (exact) mass is 607 g/mol. The Morgan fingerprint density at radius 1 is 0.312 bits per heavy atom. The number of aromatic nitrogens is 1. The molecule has 0 bridgehead atoms. The molecule has 0 amide bonds. The number of pyridine rings is 1. The van der Waals surface area contributed by atoms with Gasteiger partial charge in [-0.3, -0.25) is 0 Å². The number of hydrogen-bond acceptors (Lipinski definition) is 1. The summed E-state index contributed by atoms with van der Waals surface area (Å²) in [4.78, 5) is 5.32. The molecular weight excluding hydrogens is 579 g/mol. The van der Waals surface area contributed by atoms with Crippen LogP contribution >= 0.6 is 0 Å². The van der Waals surface area contributed by atoms with E-state index >= 15 is 0 Å². The van der Waals surface area contributed by atoms with Crippen LogP contribution in [0.25, 0.3) is 98.3 Å². The lowest BCUT2D eigenvalue weighted by molar-refractivity contribution is 1.43. The molecule has 0 unspecified atom stereocenters. The molecule has 1 heterocycles. The van der Waals surface area contributed by atoms with Crippen molar-refractivity contribution in [2.75, 3.05) is 0 Å². The number of nitrogens with zero attached hydrogens (tertiary/aromatic N) is 1. The average Bonchev–Trinajstić information content (AvgIpc) is 3.16. The summed E-state index contributed by atoms with van der Waals surface area (Å²) in [5.41, 5.74) is 8.13. The van der Waals surface area contributed by atoms with E-state index in [2.05, 4.69) is 176 Å². The summed E-state index contributed by atoms with van der Waals surface area (Å²) in [5.74, 6) is 0. The van der Waals surface area contributed by atoms with Crippen molar-refractivity contribution in [1.29, 1.82) is 0 Å². The molecule has 1 aromatic heterocycles. The largest absolute Gasteiger partial charge is 0.247 e. The predicted octanol–water partition coefficient (Wildman–Crippen LogP) is 13.0. The van der Waals surface area contributed by atoms with Crippen LogP contribution < -0.4 is 0 Å². The topological polar surface area (TPSA) is 12.9 Å². The third-order valence-electron chi connectivity index (χ3n) is 10.0. The summed E-state index contributed by atoms with van der Waals surface area (Å²) in [6.07, 6.45) is 0. The van der Waals surface area contributed by atoms with Gasteiger partial charge >= 0.3 is 0 Å². The van der Waals surface area contributed by atoms with E-state index in [0.29, 0.717) is 0 Å². The minimum Gasteiger partial charge on any atom is -0.247 e. The molecule has 0 saturated carbocycles. The van der Waals surface area contributed by atoms with Crippen molar-refractivity contribution in [3.8, 4) is 33.5 Å². The van der Waals surface area contributed by atoms with Gasteiger partial charge in [0.05, 0.1) is 11.2 Å². The van der Waals surface area contributed by atoms with E-state index in [4.69, 9.17) is 4.98 Å². The molecular formula is C47H29N. The van der Waals surface area contributed by atoms with Crippen LogP contribution in [0.15, 0.2) is 176 Å². The van der Waals surface area contributed by atoms with E-state index in [9.17, 15) is 0 Å². The van der Waals surface area contributed by atoms with Crippen molar-refractivity contribution in [1.82, 2.24) is 4.98 Å². The Balaban J connectivity index is 1.27. The van der Waals surface area contributed by atoms with Gasteiger partial charge in [-0.2, -0.15) is 0 Å². The Hall–Kier alpha value is -6.31. The fourth-order valence-corrected chi connectivity index (χ4v) is 7.94. The Kier molecular flexibility index (Phi) is 5.94. The molecule has 0 radical (unpaired) electrons. The Bertz CT molecular complexity index is 2820. The summed E-state index contributed by atoms with van der Waals surface area (Å²) in [6.45, 7) is 0. The number of rotatable bonds is 3. The SMILES string of the molecule is c1cc(-c2c3ccccc3c(-c3cccc4ccccc34)c3ccccc23)cc(-c2nc3ccccc3c3c2ccc2ccccc23)c1. The van der Waals surface area contributed by atoms with E-state index in [1.165, 1.54) is 81.5 Å². The lowest BCUT2D eigenvalue weighted by Gasteiger charge is -2.19. The van der Waals surface area contributed by atoms with Crippen molar-refractivity contribution in [3.63, 3.8) is 0 Å². The van der Waals surface area contributed by atoms with Crippen LogP contribution in [0.2, 0.25) is 0 Å². The van der Waals surface area contributed by atoms with Crippen molar-refractivity contribution >= 4 is 64.8 Å². The minimum atomic E-state index is 1.01. The molecule has 0 N–H and O–H groups in total. The van der Waals surface area contributed by atoms with E-state index in [1.54, 1.807) is 0 Å². The van der Waals surface area contributed by atoms with Crippen molar-refractivity contribution in [3.05, 3.63) is 176 Å². The first kappa shape index (κ1) is 26.9. The molecule has 0 fully saturated rings. The van der Waals surface area contributed by atoms with Crippen LogP contribution in [0, 0.1) is 0 Å². The second kappa shape index (κ2) is 10.6. The number of para-hydroxylation sites is 1. The molecule has 10 aromatic rings. The summed E-state index contributed by atoms with van der Waals surface area (Å²) in [7, 11) is 0. The minimum absolute atomic E-state index is 1.01. The summed E-state index contributed by atoms with van der Waals surface area (Å²) < 4.78 is 0. The summed E-state index contributed by atoms with van der Waals surface area (Å²) >= 11 is 0. The van der Waals surface area contributed by atoms with E-state index in [-0.39, 0.29) is 0 Å². The van der Waals surface area contributed by atoms with Gasteiger partial charge in [0.2, 0.25) is 0 Å². The van der Waals surface area contributed by atoms with Gasteiger partial charge in [-0.1, -0.05) is 164 Å². The number of hydrogen-bond donors (Lipinski definition) is 0. The van der Waals surface area contributed by atoms with E-state index in [1.807, 2.05) is 0 Å². The van der Waals surface area contributed by atoms with Gasteiger partial charge < -0.3 is 0 Å². The zero-order valence-electron chi connectivity index (χ0n) is 26.2. The predicted molar refractivity (Wildman–Crippen MR) is 206 cm³/mol. The third kappa shape index (κ3) is 4.01. The lowest BCUT2D eigenvalue weighted by atomic mass is 9.84. The summed E-state index contributed by atoms with van der Waals surface area (Å²) in [6, 6.07) is 63.9. The van der Waals surface area contributed by atoms with Gasteiger partial charge in [-0.25, -0.2) is 4.98 Å². The zero-order chi connectivity index (χ0) is 31.6. The molecule has 0 aliphatic heterocycles. The van der Waals surface area contributed by atoms with Crippen LogP contribution in [-0.2, 0) is 0 Å². The van der Waals surface area contributed by atoms with Gasteiger partial charge in [0.25, 0.3) is 0 Å². The van der Waals surface area contributed by atoms with E-state index < -0.39 is 0 Å². The smallest absolute Gasteiger partial charge is 0.0788 e. The van der Waals surface area contributed by atoms with Crippen molar-refractivity contribution in [2.24, 2.45) is 0 Å². The molecule has 10 rings (SSSR count). The van der Waals surface area contributed by atoms with Crippen molar-refractivity contribution in [2.45, 2.75) is 0 Å². The fraction of sp³-hybridized carbons (Fsp3) is 0. The molecule has 0 aliphatic rings. The quantitative estimate of drug-likeness (QED) is 0.144. The molecule has 48 heavy (non-hydrogen) atoms. The van der Waals surface area contributed by atoms with Crippen molar-refractivity contribution < 1.29 is 0 Å². The highest BCUT2D eigenvalue weighted by molar-refractivity contribution is 6.25. The first-order valence-corrected chi connectivity index (χ1v) is 16.6. The maximum atomic E-state index is 5.32. The lowest BCUT2D eigenvalue weighted by Crippen LogP contribution is -1.93. The molecule has 0 atom stereocenters. The van der Waals surface area contributed by atoms with E-state index in [0.717, 1.165) is 16.8 Å². The standard InChI is InChI=1S/C47H29N/c1-3-18-34-30(13-1)15-12-25-36(34)46-39-22-7-5-20-37(39)44(38-21-6-8-23-40(38)46)32-16-11-17-33(29-32)47-42-28-27-31-14-2-4-19-35(31)45(42)41-24-9-10-26-43(41)48-47/h1-29H. The van der Waals surface area contributed by atoms with Crippen LogP contribution in [0.4, 0.5) is 0 Å². The third-order valence-corrected chi connectivity index (χ3v) is 10.0. The highest BCUT2D eigenvalue weighted by Gasteiger charge is 2.19. The van der Waals surface area contributed by atoms with Gasteiger partial charge in [0.15, 0.2) is 0 Å². The highest BCUT2D eigenvalue weighted by atomic mass is 14.7. The molecule has 0 spiro atoms. The second-order valence-electron chi connectivity index (χ2n) is 12.6. The first-order valence-electron chi connectivity index (χ1n) is 16.6. The van der Waals surface area contributed by atoms with Crippen LogP contribution in [0.3, 0.4) is 0 Å². The first-order chi connectivity index (χ1) is 23.8. The second-order valence-corrected chi connectivity index (χ2v) is 12.6. The molecule has 222 valence electrons. The van der Waals surface area contributed by atoms with Gasteiger partial charge in [0.1, 0.15) is 0 Å². The van der Waals surface area contributed by atoms with Crippen LogP contribution in [-0.4, -0.2) is 4.98 Å². The average molecular weight is 608 g/mol. The molecule has 0 saturated heterocycles. The zero-order valence-corrected chi connectivity index (χ0v) is 26.2. The normalized spacial score (nSPS) is 11.8. The molecule has 0 aliphatic carbocycles.